The first-order valence-corrected chi connectivity index (χ1v) is 3.52. The number of hydrogen-bond acceptors (Lipinski definition) is 0. The zero-order valence-corrected chi connectivity index (χ0v) is 6.47. The molecular formula is C8H2F5N. The number of benzene rings is 1. The van der Waals surface area contributed by atoms with Gasteiger partial charge in [0.25, 0.3) is 0 Å². The molecule has 0 amide bonds. The van der Waals surface area contributed by atoms with Crippen molar-refractivity contribution in [1.29, 1.82) is 0 Å². The van der Waals surface area contributed by atoms with Gasteiger partial charge in [-0.3, -0.25) is 0 Å². The van der Waals surface area contributed by atoms with Gasteiger partial charge in [0.15, 0.2) is 29.2 Å². The Morgan fingerprint density at radius 2 is 1.36 bits per heavy atom. The molecule has 0 saturated heterocycles. The average Bonchev–Trinajstić information content (AvgIpc) is 2.54. The lowest BCUT2D eigenvalue weighted by molar-refractivity contribution is 0.417. The largest absolute Gasteiger partial charge is 0.329 e. The first-order valence-electron chi connectivity index (χ1n) is 3.52. The van der Waals surface area contributed by atoms with Crippen molar-refractivity contribution in [3.63, 3.8) is 0 Å². The number of aromatic amines is 1. The Morgan fingerprint density at radius 1 is 0.786 bits per heavy atom. The van der Waals surface area contributed by atoms with Crippen molar-refractivity contribution in [1.82, 2.24) is 4.98 Å². The van der Waals surface area contributed by atoms with Gasteiger partial charge < -0.3 is 4.98 Å². The lowest BCUT2D eigenvalue weighted by Crippen LogP contribution is -1.96. The minimum absolute atomic E-state index is 0.552. The van der Waals surface area contributed by atoms with Gasteiger partial charge in [-0.25, -0.2) is 17.6 Å². The first-order chi connectivity index (χ1) is 6.52. The summed E-state index contributed by atoms with van der Waals surface area (Å²) >= 11 is 0. The molecule has 74 valence electrons. The fourth-order valence-corrected chi connectivity index (χ4v) is 1.19. The quantitative estimate of drug-likeness (QED) is 0.388. The van der Waals surface area contributed by atoms with Gasteiger partial charge in [-0.2, -0.15) is 4.39 Å². The fourth-order valence-electron chi connectivity index (χ4n) is 1.19. The van der Waals surface area contributed by atoms with Crippen LogP contribution < -0.4 is 0 Å². The molecule has 6 heteroatoms. The highest BCUT2D eigenvalue weighted by Crippen LogP contribution is 2.26. The maximum Gasteiger partial charge on any atom is 0.199 e. The van der Waals surface area contributed by atoms with Crippen molar-refractivity contribution in [2.24, 2.45) is 0 Å². The predicted molar refractivity (Wildman–Crippen MR) is 38.1 cm³/mol. The van der Waals surface area contributed by atoms with Crippen LogP contribution >= 0.6 is 0 Å². The van der Waals surface area contributed by atoms with E-state index in [1.165, 1.54) is 0 Å². The zero-order valence-electron chi connectivity index (χ0n) is 6.47. The Bertz CT molecular complexity index is 471. The SMILES string of the molecule is Fc1cc2c(F)c(F)c(F)c(F)c2[nH]1. The molecule has 2 rings (SSSR count). The van der Waals surface area contributed by atoms with Gasteiger partial charge in [0.1, 0.15) is 0 Å². The minimum Gasteiger partial charge on any atom is -0.329 e. The molecule has 1 nitrogen and oxygen atoms in total. The van der Waals surface area contributed by atoms with E-state index in [4.69, 9.17) is 0 Å². The standard InChI is InChI=1S/C8H2F5N/c9-3-1-2-4(10)5(11)6(12)7(13)8(2)14-3/h1,14H. The van der Waals surface area contributed by atoms with Crippen LogP contribution in [0, 0.1) is 29.2 Å². The molecule has 0 aliphatic heterocycles. The van der Waals surface area contributed by atoms with Crippen LogP contribution in [-0.2, 0) is 0 Å². The van der Waals surface area contributed by atoms with E-state index >= 15 is 0 Å². The summed E-state index contributed by atoms with van der Waals surface area (Å²) in [5.74, 6) is -8.23. The predicted octanol–water partition coefficient (Wildman–Crippen LogP) is 2.86. The number of halogens is 5. The van der Waals surface area contributed by atoms with Gasteiger partial charge in [0.05, 0.1) is 5.52 Å². The van der Waals surface area contributed by atoms with E-state index < -0.39 is 40.1 Å². The Labute approximate surface area is 74.1 Å². The third-order valence-electron chi connectivity index (χ3n) is 1.82. The number of nitrogens with one attached hydrogen (secondary N) is 1. The average molecular weight is 207 g/mol. The zero-order chi connectivity index (χ0) is 10.5. The van der Waals surface area contributed by atoms with E-state index in [0.29, 0.717) is 6.07 Å². The molecule has 0 aliphatic carbocycles. The van der Waals surface area contributed by atoms with E-state index in [-0.39, 0.29) is 0 Å². The monoisotopic (exact) mass is 207 g/mol. The molecule has 0 spiro atoms. The Hall–Kier alpha value is -1.59. The molecule has 1 aromatic carbocycles. The second-order valence-corrected chi connectivity index (χ2v) is 2.66. The Kier molecular flexibility index (Phi) is 1.73. The highest BCUT2D eigenvalue weighted by Gasteiger charge is 2.21. The highest BCUT2D eigenvalue weighted by molar-refractivity contribution is 5.81. The number of aromatic nitrogens is 1. The summed E-state index contributed by atoms with van der Waals surface area (Å²) in [6, 6.07) is 0.552. The molecule has 14 heavy (non-hydrogen) atoms. The summed E-state index contributed by atoms with van der Waals surface area (Å²) in [7, 11) is 0. The molecule has 0 unspecified atom stereocenters. The number of fused-ring (bicyclic) bond motifs is 1. The van der Waals surface area contributed by atoms with Gasteiger partial charge >= 0.3 is 0 Å². The Morgan fingerprint density at radius 3 is 2.00 bits per heavy atom. The van der Waals surface area contributed by atoms with Crippen LogP contribution in [0.4, 0.5) is 22.0 Å². The topological polar surface area (TPSA) is 15.8 Å². The minimum atomic E-state index is -1.96. The molecule has 0 aliphatic rings. The van der Waals surface area contributed by atoms with E-state index in [1.807, 2.05) is 0 Å². The van der Waals surface area contributed by atoms with Crippen LogP contribution in [0.15, 0.2) is 6.07 Å². The van der Waals surface area contributed by atoms with Crippen LogP contribution in [0.3, 0.4) is 0 Å². The summed E-state index contributed by atoms with van der Waals surface area (Å²) in [6.07, 6.45) is 0. The van der Waals surface area contributed by atoms with E-state index in [2.05, 4.69) is 0 Å². The summed E-state index contributed by atoms with van der Waals surface area (Å²) in [4.78, 5) is 1.75. The van der Waals surface area contributed by atoms with Gasteiger partial charge in [0.2, 0.25) is 0 Å². The summed E-state index contributed by atoms with van der Waals surface area (Å²) in [6.45, 7) is 0. The maximum atomic E-state index is 12.9. The lowest BCUT2D eigenvalue weighted by atomic mass is 10.2. The second-order valence-electron chi connectivity index (χ2n) is 2.66. The van der Waals surface area contributed by atoms with Crippen LogP contribution in [0.5, 0.6) is 0 Å². The van der Waals surface area contributed by atoms with Crippen molar-refractivity contribution in [3.05, 3.63) is 35.3 Å². The van der Waals surface area contributed by atoms with Crippen LogP contribution in [0.2, 0.25) is 0 Å². The van der Waals surface area contributed by atoms with Crippen molar-refractivity contribution in [2.45, 2.75) is 0 Å². The van der Waals surface area contributed by atoms with Crippen LogP contribution in [0.1, 0.15) is 0 Å². The van der Waals surface area contributed by atoms with E-state index in [9.17, 15) is 22.0 Å². The fraction of sp³-hybridized carbons (Fsp3) is 0. The van der Waals surface area contributed by atoms with E-state index in [1.54, 1.807) is 4.98 Å². The van der Waals surface area contributed by atoms with Gasteiger partial charge in [-0.15, -0.1) is 0 Å². The van der Waals surface area contributed by atoms with Crippen LogP contribution in [-0.4, -0.2) is 4.98 Å². The smallest absolute Gasteiger partial charge is 0.199 e. The van der Waals surface area contributed by atoms with E-state index in [0.717, 1.165) is 0 Å². The highest BCUT2D eigenvalue weighted by atomic mass is 19.2. The number of rotatable bonds is 0. The van der Waals surface area contributed by atoms with Crippen LogP contribution in [0.25, 0.3) is 10.9 Å². The second kappa shape index (κ2) is 2.70. The normalized spacial score (nSPS) is 11.2. The van der Waals surface area contributed by atoms with Gasteiger partial charge in [-0.1, -0.05) is 0 Å². The van der Waals surface area contributed by atoms with Crippen molar-refractivity contribution >= 4 is 10.9 Å². The Balaban J connectivity index is 3.01. The molecule has 1 N–H and O–H groups in total. The molecular weight excluding hydrogens is 205 g/mol. The molecule has 1 aromatic heterocycles. The number of hydrogen-bond donors (Lipinski definition) is 1. The molecule has 0 radical (unpaired) electrons. The maximum absolute atomic E-state index is 12.9. The third-order valence-corrected chi connectivity index (χ3v) is 1.82. The number of H-pyrrole nitrogens is 1. The summed E-state index contributed by atoms with van der Waals surface area (Å²) in [5, 5.41) is -0.654. The lowest BCUT2D eigenvalue weighted by Gasteiger charge is -1.98. The molecule has 1 heterocycles. The molecule has 2 aromatic rings. The van der Waals surface area contributed by atoms with Crippen molar-refractivity contribution < 1.29 is 22.0 Å². The molecule has 0 saturated carbocycles. The summed E-state index contributed by atoms with van der Waals surface area (Å²) in [5.41, 5.74) is -0.723. The van der Waals surface area contributed by atoms with Crippen molar-refractivity contribution in [3.8, 4) is 0 Å². The first kappa shape index (κ1) is 8.98. The van der Waals surface area contributed by atoms with Crippen molar-refractivity contribution in [2.75, 3.05) is 0 Å². The third kappa shape index (κ3) is 0.997. The summed E-state index contributed by atoms with van der Waals surface area (Å²) < 4.78 is 63.5. The van der Waals surface area contributed by atoms with Gasteiger partial charge in [-0.05, 0) is 0 Å². The molecule has 0 fully saturated rings. The van der Waals surface area contributed by atoms with Gasteiger partial charge in [0, 0.05) is 11.5 Å². The molecule has 0 bridgehead atoms. The molecule has 0 atom stereocenters.